The number of fused-ring (bicyclic) bond motifs is 2. The third-order valence-electron chi connectivity index (χ3n) is 5.03. The van der Waals surface area contributed by atoms with Crippen LogP contribution in [-0.2, 0) is 7.05 Å². The van der Waals surface area contributed by atoms with Crippen LogP contribution in [0, 0.1) is 5.82 Å². The number of hydrogen-bond acceptors (Lipinski definition) is 4. The Labute approximate surface area is 184 Å². The first-order valence-electron chi connectivity index (χ1n) is 8.86. The summed E-state index contributed by atoms with van der Waals surface area (Å²) in [7, 11) is 1.86. The summed E-state index contributed by atoms with van der Waals surface area (Å²) in [5.41, 5.74) is 2.26. The standard InChI is InChI=1S/C22H11Cl2FN2O2S/c1-27-18-7-12(30-22(18)26-21(27)10-2-4-11(25)5-3-10)6-15-19(28)13-8-16(23)17(24)9-14(13)20(15)29/h2-9H,1H3. The Balaban J connectivity index is 1.55. The third-order valence-corrected chi connectivity index (χ3v) is 6.71. The number of rotatable bonds is 2. The topological polar surface area (TPSA) is 52.0 Å². The molecule has 0 fully saturated rings. The van der Waals surface area contributed by atoms with Crippen molar-refractivity contribution in [3.8, 4) is 11.4 Å². The number of imidazole rings is 1. The highest BCUT2D eigenvalue weighted by Crippen LogP contribution is 2.36. The maximum Gasteiger partial charge on any atom is 0.197 e. The molecule has 0 saturated heterocycles. The first-order chi connectivity index (χ1) is 14.3. The first-order valence-corrected chi connectivity index (χ1v) is 10.4. The van der Waals surface area contributed by atoms with E-state index in [1.807, 2.05) is 17.7 Å². The number of nitrogens with zero attached hydrogens (tertiary/aromatic N) is 2. The van der Waals surface area contributed by atoms with Crippen LogP contribution in [0.1, 0.15) is 25.6 Å². The normalized spacial score (nSPS) is 13.4. The highest BCUT2D eigenvalue weighted by atomic mass is 35.5. The fourth-order valence-corrected chi connectivity index (χ4v) is 4.84. The molecule has 4 nitrogen and oxygen atoms in total. The van der Waals surface area contributed by atoms with Gasteiger partial charge in [-0.3, -0.25) is 9.59 Å². The Morgan fingerprint density at radius 1 is 1.00 bits per heavy atom. The highest BCUT2D eigenvalue weighted by molar-refractivity contribution is 7.19. The molecule has 0 amide bonds. The number of aromatic nitrogens is 2. The van der Waals surface area contributed by atoms with E-state index in [-0.39, 0.29) is 44.1 Å². The van der Waals surface area contributed by atoms with Gasteiger partial charge in [0.2, 0.25) is 0 Å². The zero-order valence-corrected chi connectivity index (χ0v) is 17.7. The molecule has 0 spiro atoms. The number of aryl methyl sites for hydroxylation is 1. The van der Waals surface area contributed by atoms with Crippen molar-refractivity contribution in [2.45, 2.75) is 0 Å². The predicted octanol–water partition coefficient (Wildman–Crippen LogP) is 6.21. The molecule has 148 valence electrons. The summed E-state index contributed by atoms with van der Waals surface area (Å²) < 4.78 is 15.1. The van der Waals surface area contributed by atoms with Crippen LogP contribution in [0.5, 0.6) is 0 Å². The molecule has 2 aromatic heterocycles. The van der Waals surface area contributed by atoms with E-state index in [4.69, 9.17) is 23.2 Å². The van der Waals surface area contributed by atoms with Crippen molar-refractivity contribution in [2.75, 3.05) is 0 Å². The minimum absolute atomic E-state index is 0.0775. The number of carbonyl (C=O) groups excluding carboxylic acids is 2. The first kappa shape index (κ1) is 19.2. The number of carbonyl (C=O) groups is 2. The number of Topliss-reactive ketones (excluding diaryl/α,β-unsaturated/α-hetero) is 2. The van der Waals surface area contributed by atoms with E-state index in [2.05, 4.69) is 4.98 Å². The van der Waals surface area contributed by atoms with Crippen LogP contribution in [0.15, 0.2) is 48.0 Å². The van der Waals surface area contributed by atoms with E-state index in [1.165, 1.54) is 35.6 Å². The van der Waals surface area contributed by atoms with Crippen LogP contribution in [0.4, 0.5) is 4.39 Å². The molecule has 4 aromatic rings. The highest BCUT2D eigenvalue weighted by Gasteiger charge is 2.34. The smallest absolute Gasteiger partial charge is 0.197 e. The van der Waals surface area contributed by atoms with Gasteiger partial charge in [-0.05, 0) is 48.5 Å². The molecule has 1 aliphatic rings. The second kappa shape index (κ2) is 6.87. The molecule has 0 bridgehead atoms. The summed E-state index contributed by atoms with van der Waals surface area (Å²) in [6.07, 6.45) is 1.58. The monoisotopic (exact) mass is 456 g/mol. The molecule has 5 rings (SSSR count). The lowest BCUT2D eigenvalue weighted by atomic mass is 10.1. The molecule has 30 heavy (non-hydrogen) atoms. The molecule has 0 radical (unpaired) electrons. The number of hydrogen-bond donors (Lipinski definition) is 0. The lowest BCUT2D eigenvalue weighted by Gasteiger charge is -2.02. The molecule has 0 N–H and O–H groups in total. The van der Waals surface area contributed by atoms with Gasteiger partial charge in [-0.25, -0.2) is 9.37 Å². The van der Waals surface area contributed by atoms with Gasteiger partial charge >= 0.3 is 0 Å². The Kier molecular flexibility index (Phi) is 4.39. The van der Waals surface area contributed by atoms with Crippen molar-refractivity contribution in [2.24, 2.45) is 7.05 Å². The van der Waals surface area contributed by atoms with Gasteiger partial charge in [-0.1, -0.05) is 23.2 Å². The van der Waals surface area contributed by atoms with Gasteiger partial charge in [0.05, 0.1) is 21.1 Å². The van der Waals surface area contributed by atoms with E-state index >= 15 is 0 Å². The molecule has 0 saturated carbocycles. The fraction of sp³-hybridized carbons (Fsp3) is 0.0455. The van der Waals surface area contributed by atoms with Gasteiger partial charge in [0, 0.05) is 28.6 Å². The van der Waals surface area contributed by atoms with Crippen molar-refractivity contribution >= 4 is 62.5 Å². The lowest BCUT2D eigenvalue weighted by Crippen LogP contribution is -1.99. The minimum Gasteiger partial charge on any atom is -0.326 e. The Bertz CT molecular complexity index is 1370. The maximum atomic E-state index is 13.2. The summed E-state index contributed by atoms with van der Waals surface area (Å²) in [6.45, 7) is 0. The average Bonchev–Trinajstić information content (AvgIpc) is 3.32. The lowest BCUT2D eigenvalue weighted by molar-refractivity contribution is 0.0990. The zero-order valence-electron chi connectivity index (χ0n) is 15.4. The Morgan fingerprint density at radius 2 is 1.60 bits per heavy atom. The largest absolute Gasteiger partial charge is 0.326 e. The quantitative estimate of drug-likeness (QED) is 0.266. The maximum absolute atomic E-state index is 13.2. The van der Waals surface area contributed by atoms with Crippen molar-refractivity contribution in [1.29, 1.82) is 0 Å². The molecule has 2 aromatic carbocycles. The van der Waals surface area contributed by atoms with Crippen LogP contribution in [0.2, 0.25) is 10.0 Å². The van der Waals surface area contributed by atoms with Gasteiger partial charge in [-0.2, -0.15) is 0 Å². The molecular weight excluding hydrogens is 446 g/mol. The van der Waals surface area contributed by atoms with Gasteiger partial charge in [0.1, 0.15) is 16.5 Å². The third kappa shape index (κ3) is 2.91. The van der Waals surface area contributed by atoms with Crippen LogP contribution < -0.4 is 0 Å². The van der Waals surface area contributed by atoms with E-state index in [0.29, 0.717) is 5.82 Å². The summed E-state index contributed by atoms with van der Waals surface area (Å²) in [5, 5.41) is 0.467. The van der Waals surface area contributed by atoms with E-state index in [9.17, 15) is 14.0 Å². The number of benzene rings is 2. The van der Waals surface area contributed by atoms with Gasteiger partial charge in [0.15, 0.2) is 11.6 Å². The van der Waals surface area contributed by atoms with Gasteiger partial charge < -0.3 is 4.57 Å². The van der Waals surface area contributed by atoms with Crippen molar-refractivity contribution in [3.05, 3.63) is 79.9 Å². The number of thiophene rings is 1. The van der Waals surface area contributed by atoms with Crippen molar-refractivity contribution < 1.29 is 14.0 Å². The summed E-state index contributed by atoms with van der Waals surface area (Å²) in [5.74, 6) is -0.338. The number of ketones is 2. The van der Waals surface area contributed by atoms with E-state index in [0.717, 1.165) is 20.8 Å². The van der Waals surface area contributed by atoms with Crippen molar-refractivity contribution in [1.82, 2.24) is 9.55 Å². The second-order valence-corrected chi connectivity index (χ2v) is 8.75. The molecule has 0 aliphatic heterocycles. The molecule has 0 unspecified atom stereocenters. The Morgan fingerprint density at radius 3 is 2.17 bits per heavy atom. The molecule has 2 heterocycles. The molecular formula is C22H11Cl2FN2O2S. The fourth-order valence-electron chi connectivity index (χ4n) is 3.51. The zero-order chi connectivity index (χ0) is 21.2. The minimum atomic E-state index is -0.369. The van der Waals surface area contributed by atoms with Gasteiger partial charge in [0.25, 0.3) is 0 Å². The van der Waals surface area contributed by atoms with Crippen LogP contribution in [0.3, 0.4) is 0 Å². The van der Waals surface area contributed by atoms with Crippen LogP contribution >= 0.6 is 34.5 Å². The van der Waals surface area contributed by atoms with Crippen molar-refractivity contribution in [3.63, 3.8) is 0 Å². The van der Waals surface area contributed by atoms with Crippen LogP contribution in [0.25, 0.3) is 27.8 Å². The molecule has 1 aliphatic carbocycles. The van der Waals surface area contributed by atoms with Gasteiger partial charge in [-0.15, -0.1) is 11.3 Å². The summed E-state index contributed by atoms with van der Waals surface area (Å²) in [6, 6.07) is 10.9. The summed E-state index contributed by atoms with van der Waals surface area (Å²) in [4.78, 5) is 31.6. The molecule has 0 atom stereocenters. The molecule has 8 heteroatoms. The summed E-state index contributed by atoms with van der Waals surface area (Å²) >= 11 is 13.4. The average molecular weight is 457 g/mol. The number of halogens is 3. The Hall–Kier alpha value is -2.80. The van der Waals surface area contributed by atoms with E-state index < -0.39 is 0 Å². The predicted molar refractivity (Wildman–Crippen MR) is 117 cm³/mol. The van der Waals surface area contributed by atoms with E-state index in [1.54, 1.807) is 18.2 Å². The van der Waals surface area contributed by atoms with Crippen LogP contribution in [-0.4, -0.2) is 21.1 Å². The number of allylic oxidation sites excluding steroid dienone is 1. The SMILES string of the molecule is Cn1c(-c2ccc(F)cc2)nc2sc(C=C3C(=O)c4cc(Cl)c(Cl)cc4C3=O)cc21. The second-order valence-electron chi connectivity index (χ2n) is 6.87.